The van der Waals surface area contributed by atoms with Crippen molar-refractivity contribution in [3.8, 4) is 0 Å². The molecule has 142 valence electrons. The van der Waals surface area contributed by atoms with Crippen LogP contribution in [-0.4, -0.2) is 36.1 Å². The van der Waals surface area contributed by atoms with Crippen LogP contribution in [0.2, 0.25) is 0 Å². The molecule has 0 bridgehead atoms. The number of carbonyl (C=O) groups excluding carboxylic acids is 3. The summed E-state index contributed by atoms with van der Waals surface area (Å²) in [6, 6.07) is 6.52. The number of Topliss-reactive ketones (excluding diaryl/α,β-unsaturated/α-hetero) is 1. The van der Waals surface area contributed by atoms with Crippen LogP contribution in [0.4, 0.5) is 4.79 Å². The first-order chi connectivity index (χ1) is 12.2. The maximum atomic E-state index is 12.3. The molecule has 1 aromatic rings. The molecule has 1 aromatic carbocycles. The number of rotatable bonds is 5. The molecule has 1 aliphatic carbocycles. The van der Waals surface area contributed by atoms with Crippen molar-refractivity contribution in [3.63, 3.8) is 0 Å². The van der Waals surface area contributed by atoms with E-state index in [0.717, 1.165) is 10.9 Å². The number of nitrogens with one attached hydrogen (secondary N) is 1. The smallest absolute Gasteiger partial charge is 0.407 e. The van der Waals surface area contributed by atoms with Crippen LogP contribution in [0.25, 0.3) is 0 Å². The lowest BCUT2D eigenvalue weighted by atomic mass is 10.0. The second-order valence-corrected chi connectivity index (χ2v) is 8.24. The molecule has 1 amide bonds. The Morgan fingerprint density at radius 1 is 1.15 bits per heavy atom. The first-order valence-corrected chi connectivity index (χ1v) is 9.40. The minimum Gasteiger partial charge on any atom is -0.457 e. The Hall–Kier alpha value is -1.89. The molecule has 0 aromatic heterocycles. The average Bonchev–Trinajstić information content (AvgIpc) is 2.99. The molecule has 0 aliphatic heterocycles. The van der Waals surface area contributed by atoms with Gasteiger partial charge in [-0.1, -0.05) is 34.5 Å². The van der Waals surface area contributed by atoms with E-state index >= 15 is 0 Å². The maximum absolute atomic E-state index is 12.3. The van der Waals surface area contributed by atoms with Gasteiger partial charge in [0, 0.05) is 16.1 Å². The number of amides is 1. The Kier molecular flexibility index (Phi) is 6.81. The monoisotopic (exact) mass is 425 g/mol. The zero-order valence-electron chi connectivity index (χ0n) is 15.2. The van der Waals surface area contributed by atoms with E-state index < -0.39 is 23.6 Å². The SMILES string of the molecule is CC(C)(C)OC(=O)N[C@@H]1CCC[C@@H]1C(=O)OCC(=O)c1ccc(Br)cc1. The Balaban J connectivity index is 1.86. The first kappa shape index (κ1) is 20.4. The van der Waals surface area contributed by atoms with E-state index in [1.165, 1.54) is 0 Å². The summed E-state index contributed by atoms with van der Waals surface area (Å²) in [5.74, 6) is -1.19. The summed E-state index contributed by atoms with van der Waals surface area (Å²) in [7, 11) is 0. The molecular weight excluding hydrogens is 402 g/mol. The fraction of sp³-hybridized carbons (Fsp3) is 0.526. The van der Waals surface area contributed by atoms with Gasteiger partial charge in [0.1, 0.15) is 5.60 Å². The topological polar surface area (TPSA) is 81.7 Å². The molecule has 2 rings (SSSR count). The summed E-state index contributed by atoms with van der Waals surface area (Å²) in [6.45, 7) is 5.03. The molecule has 1 aliphatic rings. The number of hydrogen-bond acceptors (Lipinski definition) is 5. The largest absolute Gasteiger partial charge is 0.457 e. The number of alkyl carbamates (subject to hydrolysis) is 1. The van der Waals surface area contributed by atoms with Crippen molar-refractivity contribution in [1.82, 2.24) is 5.32 Å². The Labute approximate surface area is 161 Å². The number of carbonyl (C=O) groups is 3. The summed E-state index contributed by atoms with van der Waals surface area (Å²) in [6.07, 6.45) is 1.56. The van der Waals surface area contributed by atoms with E-state index in [-0.39, 0.29) is 18.4 Å². The van der Waals surface area contributed by atoms with Gasteiger partial charge in [-0.3, -0.25) is 9.59 Å². The minimum absolute atomic E-state index is 0.263. The highest BCUT2D eigenvalue weighted by Gasteiger charge is 2.36. The number of benzene rings is 1. The summed E-state index contributed by atoms with van der Waals surface area (Å²) >= 11 is 3.30. The second-order valence-electron chi connectivity index (χ2n) is 7.33. The maximum Gasteiger partial charge on any atom is 0.407 e. The number of halogens is 1. The number of ether oxygens (including phenoxy) is 2. The molecule has 1 saturated carbocycles. The van der Waals surface area contributed by atoms with E-state index in [1.54, 1.807) is 45.0 Å². The van der Waals surface area contributed by atoms with Crippen molar-refractivity contribution >= 4 is 33.8 Å². The Morgan fingerprint density at radius 3 is 2.42 bits per heavy atom. The fourth-order valence-corrected chi connectivity index (χ4v) is 3.10. The quantitative estimate of drug-likeness (QED) is 0.571. The number of esters is 1. The van der Waals surface area contributed by atoms with E-state index in [9.17, 15) is 14.4 Å². The summed E-state index contributed by atoms with van der Waals surface area (Å²) in [4.78, 5) is 36.4. The molecule has 0 radical (unpaired) electrons. The van der Waals surface area contributed by atoms with Crippen molar-refractivity contribution < 1.29 is 23.9 Å². The van der Waals surface area contributed by atoms with E-state index in [4.69, 9.17) is 9.47 Å². The van der Waals surface area contributed by atoms with Crippen molar-refractivity contribution in [2.24, 2.45) is 5.92 Å². The van der Waals surface area contributed by atoms with Crippen LogP contribution in [0.5, 0.6) is 0 Å². The van der Waals surface area contributed by atoms with Gasteiger partial charge >= 0.3 is 12.1 Å². The van der Waals surface area contributed by atoms with Crippen molar-refractivity contribution in [1.29, 1.82) is 0 Å². The van der Waals surface area contributed by atoms with Crippen molar-refractivity contribution in [3.05, 3.63) is 34.3 Å². The Morgan fingerprint density at radius 2 is 1.81 bits per heavy atom. The van der Waals surface area contributed by atoms with Gasteiger partial charge in [0.2, 0.25) is 0 Å². The van der Waals surface area contributed by atoms with Gasteiger partial charge in [-0.05, 0) is 45.7 Å². The van der Waals surface area contributed by atoms with Crippen molar-refractivity contribution in [2.75, 3.05) is 6.61 Å². The zero-order chi connectivity index (χ0) is 19.3. The van der Waals surface area contributed by atoms with Gasteiger partial charge in [-0.15, -0.1) is 0 Å². The molecule has 7 heteroatoms. The molecule has 2 atom stereocenters. The molecule has 0 unspecified atom stereocenters. The molecule has 0 heterocycles. The highest BCUT2D eigenvalue weighted by atomic mass is 79.9. The predicted molar refractivity (Wildman–Crippen MR) is 99.9 cm³/mol. The average molecular weight is 426 g/mol. The third kappa shape index (κ3) is 6.12. The lowest BCUT2D eigenvalue weighted by Crippen LogP contribution is -2.43. The van der Waals surface area contributed by atoms with E-state index in [2.05, 4.69) is 21.2 Å². The van der Waals surface area contributed by atoms with Crippen LogP contribution in [0, 0.1) is 5.92 Å². The molecule has 26 heavy (non-hydrogen) atoms. The van der Waals surface area contributed by atoms with Crippen LogP contribution in [0.1, 0.15) is 50.4 Å². The van der Waals surface area contributed by atoms with Crippen LogP contribution in [0.3, 0.4) is 0 Å². The lowest BCUT2D eigenvalue weighted by Gasteiger charge is -2.24. The highest BCUT2D eigenvalue weighted by Crippen LogP contribution is 2.27. The fourth-order valence-electron chi connectivity index (χ4n) is 2.84. The molecule has 1 fully saturated rings. The van der Waals surface area contributed by atoms with Gasteiger partial charge in [-0.2, -0.15) is 0 Å². The summed E-state index contributed by atoms with van der Waals surface area (Å²) in [5, 5.41) is 2.74. The zero-order valence-corrected chi connectivity index (χ0v) is 16.8. The van der Waals surface area contributed by atoms with E-state index in [1.807, 2.05) is 0 Å². The Bertz CT molecular complexity index is 666. The second kappa shape index (κ2) is 8.66. The molecule has 0 spiro atoms. The van der Waals surface area contributed by atoms with Crippen LogP contribution < -0.4 is 5.32 Å². The predicted octanol–water partition coefficient (Wildman–Crippen LogP) is 3.87. The standard InChI is InChI=1S/C19H24BrNO5/c1-19(2,3)26-18(24)21-15-6-4-5-14(15)17(23)25-11-16(22)12-7-9-13(20)10-8-12/h7-10,14-15H,4-6,11H2,1-3H3,(H,21,24)/t14-,15+/m0/s1. The minimum atomic E-state index is -0.601. The molecular formula is C19H24BrNO5. The number of hydrogen-bond donors (Lipinski definition) is 1. The first-order valence-electron chi connectivity index (χ1n) is 8.60. The van der Waals surface area contributed by atoms with Gasteiger partial charge in [0.05, 0.1) is 5.92 Å². The summed E-state index contributed by atoms with van der Waals surface area (Å²) in [5.41, 5.74) is -0.119. The molecule has 1 N–H and O–H groups in total. The third-order valence-corrected chi connectivity index (χ3v) is 4.56. The normalized spacial score (nSPS) is 19.7. The summed E-state index contributed by atoms with van der Waals surface area (Å²) < 4.78 is 11.3. The molecule has 6 nitrogen and oxygen atoms in total. The number of ketones is 1. The van der Waals surface area contributed by atoms with Gasteiger partial charge < -0.3 is 14.8 Å². The van der Waals surface area contributed by atoms with Crippen LogP contribution in [-0.2, 0) is 14.3 Å². The molecule has 0 saturated heterocycles. The van der Waals surface area contributed by atoms with Crippen LogP contribution >= 0.6 is 15.9 Å². The lowest BCUT2D eigenvalue weighted by molar-refractivity contribution is -0.147. The van der Waals surface area contributed by atoms with Gasteiger partial charge in [0.15, 0.2) is 12.4 Å². The van der Waals surface area contributed by atoms with Gasteiger partial charge in [-0.25, -0.2) is 4.79 Å². The van der Waals surface area contributed by atoms with E-state index in [0.29, 0.717) is 18.4 Å². The van der Waals surface area contributed by atoms with Crippen LogP contribution in [0.15, 0.2) is 28.7 Å². The van der Waals surface area contributed by atoms with Gasteiger partial charge in [0.25, 0.3) is 0 Å². The highest BCUT2D eigenvalue weighted by molar-refractivity contribution is 9.10. The third-order valence-electron chi connectivity index (χ3n) is 4.03. The van der Waals surface area contributed by atoms with Crippen molar-refractivity contribution in [2.45, 2.75) is 51.7 Å².